The second-order valence-electron chi connectivity index (χ2n) is 10.7. The topological polar surface area (TPSA) is 129 Å². The Balaban J connectivity index is 1.52. The fourth-order valence-corrected chi connectivity index (χ4v) is 8.61. The first kappa shape index (κ1) is 24.3. The van der Waals surface area contributed by atoms with E-state index in [0.29, 0.717) is 55.6 Å². The van der Waals surface area contributed by atoms with E-state index in [-0.39, 0.29) is 0 Å². The maximum atomic E-state index is 10.9. The van der Waals surface area contributed by atoms with E-state index in [1.807, 2.05) is 91.0 Å². The molecule has 0 radical (unpaired) electrons. The molecule has 1 atom stereocenters. The summed E-state index contributed by atoms with van der Waals surface area (Å²) >= 11 is 0. The summed E-state index contributed by atoms with van der Waals surface area (Å²) in [7, 11) is -1.38. The molecule has 9 rings (SSSR count). The molecular formula is C32H22N8OSi2. The van der Waals surface area contributed by atoms with Crippen molar-refractivity contribution in [3.05, 3.63) is 91.0 Å². The summed E-state index contributed by atoms with van der Waals surface area (Å²) in [5, 5.41) is 4.59. The summed E-state index contributed by atoms with van der Waals surface area (Å²) in [5.74, 6) is 2.25. The molecule has 5 heterocycles. The number of benzene rings is 4. The molecule has 0 amide bonds. The smallest absolute Gasteiger partial charge is 0.180 e. The van der Waals surface area contributed by atoms with Crippen molar-refractivity contribution in [2.75, 3.05) is 0 Å². The van der Waals surface area contributed by atoms with Crippen molar-refractivity contribution in [3.8, 4) is 45.6 Å². The molecule has 8 bridgehead atoms. The van der Waals surface area contributed by atoms with E-state index in [4.69, 9.17) is 29.9 Å². The first-order valence-corrected chi connectivity index (χ1v) is 19.7. The summed E-state index contributed by atoms with van der Waals surface area (Å²) < 4.78 is 0. The molecule has 43 heavy (non-hydrogen) atoms. The van der Waals surface area contributed by atoms with Crippen molar-refractivity contribution in [1.29, 1.82) is 0 Å². The normalized spacial score (nSPS) is 12.9. The number of nitrogens with one attached hydrogen (secondary N) is 2. The van der Waals surface area contributed by atoms with Gasteiger partial charge in [-0.3, -0.25) is 0 Å². The molecule has 11 heteroatoms. The van der Waals surface area contributed by atoms with Crippen LogP contribution in [-0.4, -0.2) is 63.0 Å². The molecule has 0 spiro atoms. The molecule has 0 saturated carbocycles. The van der Waals surface area contributed by atoms with Gasteiger partial charge in [-0.25, -0.2) is 29.9 Å². The highest BCUT2D eigenvalue weighted by molar-refractivity contribution is 7.07. The average Bonchev–Trinajstić information content (AvgIpc) is 3.76. The largest absolute Gasteiger partial charge is 0.434 e. The zero-order valence-electron chi connectivity index (χ0n) is 22.9. The van der Waals surface area contributed by atoms with Gasteiger partial charge in [0.05, 0.1) is 0 Å². The molecule has 0 fully saturated rings. The van der Waals surface area contributed by atoms with E-state index in [0.717, 1.165) is 49.0 Å². The lowest BCUT2D eigenvalue weighted by atomic mass is 10.1. The Morgan fingerprint density at radius 1 is 0.465 bits per heavy atom. The first-order chi connectivity index (χ1) is 21.1. The van der Waals surface area contributed by atoms with E-state index in [9.17, 15) is 4.80 Å². The van der Waals surface area contributed by atoms with Gasteiger partial charge in [0, 0.05) is 53.6 Å². The Morgan fingerprint density at radius 3 is 1.35 bits per heavy atom. The maximum absolute atomic E-state index is 10.9. The van der Waals surface area contributed by atoms with Crippen LogP contribution in [0.3, 0.4) is 0 Å². The number of hydrogen-bond donors (Lipinski definition) is 3. The van der Waals surface area contributed by atoms with Crippen molar-refractivity contribution in [2.24, 2.45) is 0 Å². The van der Waals surface area contributed by atoms with Crippen LogP contribution in [0.1, 0.15) is 0 Å². The van der Waals surface area contributed by atoms with Crippen molar-refractivity contribution < 1.29 is 4.80 Å². The lowest BCUT2D eigenvalue weighted by Crippen LogP contribution is -2.31. The Kier molecular flexibility index (Phi) is 5.11. The lowest BCUT2D eigenvalue weighted by molar-refractivity contribution is 0.607. The Bertz CT molecular complexity index is 2460. The van der Waals surface area contributed by atoms with Crippen LogP contribution in [0.2, 0.25) is 0 Å². The molecule has 3 aromatic heterocycles. The third kappa shape index (κ3) is 3.66. The number of H-pyrrole nitrogens is 2. The second kappa shape index (κ2) is 9.07. The Morgan fingerprint density at radius 2 is 0.860 bits per heavy atom. The standard InChI is InChI=1S/C32H22N8OSi2/c41-43(42)23-15-7-14-22-24(23)32-39-30-21-13-6-5-12-20(21)28(37-30)35-26-17-9-2-1-8-16(17)25(33-26)34-27-18-10-3-4-11-19(18)29(36-27)38-31(22)40-32/h1-15,41,43H,42H3,(H2,33,34,35,36,37,38,39,40). The highest BCUT2D eigenvalue weighted by Gasteiger charge is 2.22. The predicted octanol–water partition coefficient (Wildman–Crippen LogP) is 3.65. The van der Waals surface area contributed by atoms with Gasteiger partial charge in [0.1, 0.15) is 22.6 Å². The number of fused-ring (bicyclic) bond motifs is 20. The third-order valence-electron chi connectivity index (χ3n) is 8.06. The molecule has 2 aliphatic heterocycles. The Labute approximate surface area is 248 Å². The molecule has 0 aliphatic carbocycles. The van der Waals surface area contributed by atoms with Crippen LogP contribution in [0.25, 0.3) is 89.7 Å². The number of nitrogens with zero attached hydrogens (tertiary/aromatic N) is 6. The van der Waals surface area contributed by atoms with Crippen LogP contribution in [0, 0.1) is 0 Å². The molecule has 4 aromatic carbocycles. The van der Waals surface area contributed by atoms with Crippen LogP contribution in [0.5, 0.6) is 0 Å². The number of aromatic nitrogens is 8. The van der Waals surface area contributed by atoms with Crippen LogP contribution >= 0.6 is 0 Å². The highest BCUT2D eigenvalue weighted by Crippen LogP contribution is 2.36. The fourth-order valence-electron chi connectivity index (χ4n) is 6.07. The first-order valence-electron chi connectivity index (χ1n) is 14.0. The van der Waals surface area contributed by atoms with Gasteiger partial charge in [-0.05, 0) is 5.19 Å². The summed E-state index contributed by atoms with van der Waals surface area (Å²) in [5.41, 5.74) is 6.16. The molecule has 0 saturated heterocycles. The summed E-state index contributed by atoms with van der Waals surface area (Å²) in [6.07, 6.45) is 0. The molecule has 2 aliphatic rings. The quantitative estimate of drug-likeness (QED) is 0.249. The number of hydrogen-bond acceptors (Lipinski definition) is 7. The molecule has 3 N–H and O–H groups in total. The van der Waals surface area contributed by atoms with Crippen LogP contribution in [0.4, 0.5) is 0 Å². The van der Waals surface area contributed by atoms with E-state index in [1.54, 1.807) is 0 Å². The monoisotopic (exact) mass is 590 g/mol. The average molecular weight is 591 g/mol. The Hall–Kier alpha value is -5.37. The molecule has 9 nitrogen and oxygen atoms in total. The van der Waals surface area contributed by atoms with Crippen molar-refractivity contribution >= 4 is 67.6 Å². The third-order valence-corrected chi connectivity index (χ3v) is 11.3. The number of aromatic amines is 2. The minimum absolute atomic E-state index is 0.551. The lowest BCUT2D eigenvalue weighted by Gasteiger charge is -2.04. The minimum atomic E-state index is -2.08. The zero-order chi connectivity index (χ0) is 28.7. The fraction of sp³-hybridized carbons (Fsp3) is 0. The summed E-state index contributed by atoms with van der Waals surface area (Å²) in [6, 6.07) is 30.0. The zero-order valence-corrected chi connectivity index (χ0v) is 26.0. The number of rotatable bonds is 1. The van der Waals surface area contributed by atoms with E-state index < -0.39 is 8.56 Å². The highest BCUT2D eigenvalue weighted by atomic mass is 29.2. The SMILES string of the molecule is O[SiH]([SiH3])c1cccc2c3nc4nc(nc5[nH]c(nc6nc(nc([nH]3)c12)-c1ccccc1-6)c1ccccc51)-c1ccccc1-4. The minimum Gasteiger partial charge on any atom is -0.434 e. The molecular weight excluding hydrogens is 569 g/mol. The summed E-state index contributed by atoms with van der Waals surface area (Å²) in [6.45, 7) is 0. The van der Waals surface area contributed by atoms with E-state index in [2.05, 4.69) is 9.97 Å². The van der Waals surface area contributed by atoms with Gasteiger partial charge in [-0.15, -0.1) is 0 Å². The van der Waals surface area contributed by atoms with Crippen molar-refractivity contribution in [2.45, 2.75) is 0 Å². The van der Waals surface area contributed by atoms with Crippen LogP contribution in [0.15, 0.2) is 91.0 Å². The van der Waals surface area contributed by atoms with Crippen molar-refractivity contribution in [1.82, 2.24) is 39.9 Å². The van der Waals surface area contributed by atoms with Gasteiger partial charge in [0.25, 0.3) is 0 Å². The van der Waals surface area contributed by atoms with Crippen molar-refractivity contribution in [3.63, 3.8) is 0 Å². The predicted molar refractivity (Wildman–Crippen MR) is 175 cm³/mol. The van der Waals surface area contributed by atoms with Crippen LogP contribution < -0.4 is 5.19 Å². The molecule has 1 unspecified atom stereocenters. The molecule has 7 aromatic rings. The van der Waals surface area contributed by atoms with E-state index >= 15 is 0 Å². The van der Waals surface area contributed by atoms with Gasteiger partial charge in [-0.2, -0.15) is 0 Å². The molecule has 204 valence electrons. The van der Waals surface area contributed by atoms with Gasteiger partial charge >= 0.3 is 0 Å². The second-order valence-corrected chi connectivity index (χ2v) is 15.9. The van der Waals surface area contributed by atoms with Gasteiger partial charge in [0.2, 0.25) is 0 Å². The van der Waals surface area contributed by atoms with Gasteiger partial charge < -0.3 is 14.8 Å². The van der Waals surface area contributed by atoms with Crippen LogP contribution in [-0.2, 0) is 0 Å². The maximum Gasteiger partial charge on any atom is 0.180 e. The van der Waals surface area contributed by atoms with E-state index in [1.165, 1.54) is 0 Å². The van der Waals surface area contributed by atoms with Gasteiger partial charge in [-0.1, -0.05) is 91.0 Å². The van der Waals surface area contributed by atoms with Gasteiger partial charge in [0.15, 0.2) is 31.9 Å². The summed E-state index contributed by atoms with van der Waals surface area (Å²) in [4.78, 5) is 47.9.